The lowest BCUT2D eigenvalue weighted by Crippen LogP contribution is -2.18. The van der Waals surface area contributed by atoms with Crippen molar-refractivity contribution >= 4 is 23.3 Å². The largest absolute Gasteiger partial charge is 0.464 e. The zero-order valence-corrected chi connectivity index (χ0v) is 12.8. The molecule has 23 heavy (non-hydrogen) atoms. The van der Waals surface area contributed by atoms with Gasteiger partial charge in [-0.3, -0.25) is 0 Å². The van der Waals surface area contributed by atoms with Gasteiger partial charge in [-0.05, 0) is 37.1 Å². The molecule has 0 bridgehead atoms. The molecular formula is C16H17FN4O2. The van der Waals surface area contributed by atoms with Gasteiger partial charge in [0.2, 0.25) is 5.95 Å². The number of esters is 1. The third-order valence-electron chi connectivity index (χ3n) is 3.70. The predicted molar refractivity (Wildman–Crippen MR) is 84.5 cm³/mol. The Bertz CT molecular complexity index is 717. The molecule has 0 spiro atoms. The van der Waals surface area contributed by atoms with Crippen LogP contribution in [0.15, 0.2) is 30.5 Å². The van der Waals surface area contributed by atoms with E-state index in [-0.39, 0.29) is 17.5 Å². The van der Waals surface area contributed by atoms with Gasteiger partial charge in [0.05, 0.1) is 12.8 Å². The fraction of sp³-hybridized carbons (Fsp3) is 0.312. The molecule has 1 aliphatic rings. The molecule has 6 nitrogen and oxygen atoms in total. The minimum Gasteiger partial charge on any atom is -0.464 e. The number of nitrogens with zero attached hydrogens (tertiary/aromatic N) is 3. The number of carbonyl (C=O) groups is 1. The summed E-state index contributed by atoms with van der Waals surface area (Å²) in [5.74, 6) is -0.631. The van der Waals surface area contributed by atoms with Gasteiger partial charge in [-0.1, -0.05) is 0 Å². The zero-order chi connectivity index (χ0) is 16.2. The molecule has 2 aromatic rings. The van der Waals surface area contributed by atoms with Crippen LogP contribution in [0.3, 0.4) is 0 Å². The van der Waals surface area contributed by atoms with Crippen LogP contribution in [0.1, 0.15) is 23.3 Å². The number of halogens is 1. The second-order valence-corrected chi connectivity index (χ2v) is 5.24. The van der Waals surface area contributed by atoms with Gasteiger partial charge in [-0.2, -0.15) is 0 Å². The van der Waals surface area contributed by atoms with Gasteiger partial charge in [0.15, 0.2) is 5.69 Å². The van der Waals surface area contributed by atoms with Gasteiger partial charge in [0.25, 0.3) is 0 Å². The fourth-order valence-corrected chi connectivity index (χ4v) is 2.57. The number of aromatic nitrogens is 2. The average Bonchev–Trinajstić information content (AvgIpc) is 3.08. The molecule has 1 saturated heterocycles. The Kier molecular flexibility index (Phi) is 4.36. The Morgan fingerprint density at radius 3 is 2.78 bits per heavy atom. The van der Waals surface area contributed by atoms with Crippen LogP contribution < -0.4 is 10.2 Å². The smallest absolute Gasteiger partial charge is 0.356 e. The average molecular weight is 316 g/mol. The Morgan fingerprint density at radius 2 is 2.09 bits per heavy atom. The molecule has 0 radical (unpaired) electrons. The first kappa shape index (κ1) is 15.2. The van der Waals surface area contributed by atoms with Crippen LogP contribution in [0.5, 0.6) is 0 Å². The van der Waals surface area contributed by atoms with Crippen LogP contribution in [0.2, 0.25) is 0 Å². The number of anilines is 3. The van der Waals surface area contributed by atoms with Crippen molar-refractivity contribution in [2.24, 2.45) is 0 Å². The van der Waals surface area contributed by atoms with Crippen molar-refractivity contribution in [3.8, 4) is 0 Å². The number of benzene rings is 1. The molecule has 0 saturated carbocycles. The van der Waals surface area contributed by atoms with Crippen molar-refractivity contribution in [3.63, 3.8) is 0 Å². The van der Waals surface area contributed by atoms with Crippen molar-refractivity contribution in [1.29, 1.82) is 0 Å². The third kappa shape index (κ3) is 3.39. The highest BCUT2D eigenvalue weighted by Gasteiger charge is 2.16. The Balaban J connectivity index is 1.78. The highest BCUT2D eigenvalue weighted by atomic mass is 19.1. The summed E-state index contributed by atoms with van der Waals surface area (Å²) >= 11 is 0. The first-order valence-corrected chi connectivity index (χ1v) is 7.40. The van der Waals surface area contributed by atoms with E-state index >= 15 is 0 Å². The lowest BCUT2D eigenvalue weighted by atomic mass is 10.2. The van der Waals surface area contributed by atoms with E-state index in [2.05, 4.69) is 20.0 Å². The van der Waals surface area contributed by atoms with Crippen molar-refractivity contribution in [3.05, 3.63) is 42.0 Å². The normalized spacial score (nSPS) is 13.9. The lowest BCUT2D eigenvalue weighted by Gasteiger charge is -2.18. The highest BCUT2D eigenvalue weighted by Crippen LogP contribution is 2.26. The molecule has 1 aromatic carbocycles. The van der Waals surface area contributed by atoms with E-state index < -0.39 is 5.97 Å². The maximum Gasteiger partial charge on any atom is 0.356 e. The monoisotopic (exact) mass is 316 g/mol. The Hall–Kier alpha value is -2.70. The van der Waals surface area contributed by atoms with Crippen LogP contribution in [0, 0.1) is 5.82 Å². The van der Waals surface area contributed by atoms with E-state index in [9.17, 15) is 9.18 Å². The second kappa shape index (κ2) is 6.60. The fourth-order valence-electron chi connectivity index (χ4n) is 2.57. The molecular weight excluding hydrogens is 299 g/mol. The minimum absolute atomic E-state index is 0.138. The Morgan fingerprint density at radius 1 is 1.30 bits per heavy atom. The van der Waals surface area contributed by atoms with Gasteiger partial charge >= 0.3 is 5.97 Å². The van der Waals surface area contributed by atoms with Crippen LogP contribution in [-0.2, 0) is 4.74 Å². The summed E-state index contributed by atoms with van der Waals surface area (Å²) in [4.78, 5) is 21.6. The number of nitrogens with one attached hydrogen (secondary N) is 1. The van der Waals surface area contributed by atoms with Gasteiger partial charge in [-0.15, -0.1) is 0 Å². The lowest BCUT2D eigenvalue weighted by molar-refractivity contribution is 0.0594. The topological polar surface area (TPSA) is 67.3 Å². The standard InChI is InChI=1S/C16H17FN4O2/c1-23-15(22)13-6-7-18-16(20-13)19-11-4-5-14(12(17)10-11)21-8-2-3-9-21/h4-7,10H,2-3,8-9H2,1H3,(H,18,19,20). The van der Waals surface area contributed by atoms with Crippen LogP contribution in [0.25, 0.3) is 0 Å². The molecule has 7 heteroatoms. The van der Waals surface area contributed by atoms with Crippen molar-refractivity contribution in [2.45, 2.75) is 12.8 Å². The molecule has 1 fully saturated rings. The van der Waals surface area contributed by atoms with Crippen molar-refractivity contribution in [2.75, 3.05) is 30.4 Å². The molecule has 1 aliphatic heterocycles. The van der Waals surface area contributed by atoms with E-state index in [1.165, 1.54) is 25.4 Å². The van der Waals surface area contributed by atoms with Crippen LogP contribution in [-0.4, -0.2) is 36.1 Å². The summed E-state index contributed by atoms with van der Waals surface area (Å²) in [5, 5.41) is 2.89. The third-order valence-corrected chi connectivity index (χ3v) is 3.70. The summed E-state index contributed by atoms with van der Waals surface area (Å²) < 4.78 is 18.9. The summed E-state index contributed by atoms with van der Waals surface area (Å²) in [5.41, 5.74) is 1.27. The molecule has 120 valence electrons. The maximum absolute atomic E-state index is 14.3. The van der Waals surface area contributed by atoms with Crippen molar-refractivity contribution in [1.82, 2.24) is 9.97 Å². The van der Waals surface area contributed by atoms with Crippen molar-refractivity contribution < 1.29 is 13.9 Å². The molecule has 0 unspecified atom stereocenters. The molecule has 1 N–H and O–H groups in total. The molecule has 1 aromatic heterocycles. The van der Waals surface area contributed by atoms with Gasteiger partial charge in [0, 0.05) is 25.0 Å². The minimum atomic E-state index is -0.550. The number of ether oxygens (including phenoxy) is 1. The van der Waals surface area contributed by atoms with E-state index in [0.717, 1.165) is 25.9 Å². The molecule has 0 amide bonds. The van der Waals surface area contributed by atoms with E-state index in [1.807, 2.05) is 4.90 Å². The van der Waals surface area contributed by atoms with E-state index in [1.54, 1.807) is 12.1 Å². The number of hydrogen-bond acceptors (Lipinski definition) is 6. The maximum atomic E-state index is 14.3. The summed E-state index contributed by atoms with van der Waals surface area (Å²) in [7, 11) is 1.28. The number of hydrogen-bond donors (Lipinski definition) is 1. The summed E-state index contributed by atoms with van der Waals surface area (Å²) in [6, 6.07) is 6.37. The summed E-state index contributed by atoms with van der Waals surface area (Å²) in [6.45, 7) is 1.77. The first-order valence-electron chi connectivity index (χ1n) is 7.40. The number of carbonyl (C=O) groups excluding carboxylic acids is 1. The second-order valence-electron chi connectivity index (χ2n) is 5.24. The van der Waals surface area contributed by atoms with E-state index in [0.29, 0.717) is 11.4 Å². The molecule has 3 rings (SSSR count). The quantitative estimate of drug-likeness (QED) is 0.875. The SMILES string of the molecule is COC(=O)c1ccnc(Nc2ccc(N3CCCC3)c(F)c2)n1. The number of rotatable bonds is 4. The molecule has 2 heterocycles. The van der Waals surface area contributed by atoms with Gasteiger partial charge in [-0.25, -0.2) is 19.2 Å². The van der Waals surface area contributed by atoms with Crippen LogP contribution in [0.4, 0.5) is 21.7 Å². The van der Waals surface area contributed by atoms with E-state index in [4.69, 9.17) is 0 Å². The number of methoxy groups -OCH3 is 1. The van der Waals surface area contributed by atoms with Crippen LogP contribution >= 0.6 is 0 Å². The highest BCUT2D eigenvalue weighted by molar-refractivity contribution is 5.87. The van der Waals surface area contributed by atoms with Gasteiger partial charge in [0.1, 0.15) is 5.82 Å². The summed E-state index contributed by atoms with van der Waals surface area (Å²) in [6.07, 6.45) is 3.62. The zero-order valence-electron chi connectivity index (χ0n) is 12.8. The Labute approximate surface area is 133 Å². The molecule has 0 atom stereocenters. The first-order chi connectivity index (χ1) is 11.2. The van der Waals surface area contributed by atoms with Gasteiger partial charge < -0.3 is 15.0 Å². The molecule has 0 aliphatic carbocycles. The predicted octanol–water partition coefficient (Wildman–Crippen LogP) is 2.75.